The van der Waals surface area contributed by atoms with Gasteiger partial charge in [0.1, 0.15) is 5.70 Å². The summed E-state index contributed by atoms with van der Waals surface area (Å²) in [7, 11) is 0. The Morgan fingerprint density at radius 1 is 1.16 bits per heavy atom. The average Bonchev–Trinajstić information content (AvgIpc) is 3.05. The zero-order valence-electron chi connectivity index (χ0n) is 18.0. The van der Waals surface area contributed by atoms with Gasteiger partial charge >= 0.3 is 0 Å². The number of hydrogen-bond donors (Lipinski definition) is 2. The van der Waals surface area contributed by atoms with E-state index < -0.39 is 0 Å². The second kappa shape index (κ2) is 9.32. The van der Waals surface area contributed by atoms with E-state index >= 15 is 0 Å². The quantitative estimate of drug-likeness (QED) is 0.675. The minimum Gasteiger partial charge on any atom is -0.396 e. The van der Waals surface area contributed by atoms with Crippen LogP contribution in [0.25, 0.3) is 5.57 Å². The van der Waals surface area contributed by atoms with Crippen LogP contribution in [0.4, 0.5) is 5.69 Å². The fourth-order valence-electron chi connectivity index (χ4n) is 4.25. The third-order valence-electron chi connectivity index (χ3n) is 5.78. The minimum absolute atomic E-state index is 0.0459. The van der Waals surface area contributed by atoms with Gasteiger partial charge in [-0.2, -0.15) is 0 Å². The van der Waals surface area contributed by atoms with Crippen LogP contribution in [0.2, 0.25) is 0 Å². The molecular formula is C24H26N4O4. The lowest BCUT2D eigenvalue weighted by Gasteiger charge is -2.34. The molecule has 166 valence electrons. The Morgan fingerprint density at radius 3 is 2.59 bits per heavy atom. The van der Waals surface area contributed by atoms with Crippen LogP contribution in [0, 0.1) is 5.92 Å². The molecule has 0 radical (unpaired) electrons. The summed E-state index contributed by atoms with van der Waals surface area (Å²) in [4.78, 5) is 45.7. The molecule has 2 N–H and O–H groups in total. The summed E-state index contributed by atoms with van der Waals surface area (Å²) in [6.45, 7) is 2.74. The smallest absolute Gasteiger partial charge is 0.278 e. The van der Waals surface area contributed by atoms with Gasteiger partial charge in [-0.3, -0.25) is 24.3 Å². The van der Waals surface area contributed by atoms with Crippen molar-refractivity contribution in [2.45, 2.75) is 26.3 Å². The molecule has 4 rings (SSSR count). The summed E-state index contributed by atoms with van der Waals surface area (Å²) in [5.74, 6) is -0.837. The van der Waals surface area contributed by atoms with E-state index in [4.69, 9.17) is 0 Å². The highest BCUT2D eigenvalue weighted by Gasteiger charge is 2.42. The van der Waals surface area contributed by atoms with Gasteiger partial charge in [-0.25, -0.2) is 0 Å². The highest BCUT2D eigenvalue weighted by Crippen LogP contribution is 2.35. The maximum Gasteiger partial charge on any atom is 0.278 e. The molecular weight excluding hydrogens is 408 g/mol. The van der Waals surface area contributed by atoms with Crippen LogP contribution in [0.3, 0.4) is 0 Å². The maximum atomic E-state index is 13.5. The number of rotatable bonds is 6. The van der Waals surface area contributed by atoms with Crippen LogP contribution < -0.4 is 5.32 Å². The highest BCUT2D eigenvalue weighted by molar-refractivity contribution is 6.35. The van der Waals surface area contributed by atoms with Crippen molar-refractivity contribution >= 4 is 29.0 Å². The number of carbonyl (C=O) groups excluding carboxylic acids is 3. The molecule has 3 heterocycles. The largest absolute Gasteiger partial charge is 0.396 e. The standard InChI is InChI=1S/C24H26N4O4/c1-16(30)26-19-9-7-18(8-10-19)21-22(27-12-4-5-17(13-27)15-29)24(32)28(23(21)31)14-20-6-2-3-11-25-20/h2-3,6-11,17,29H,4-5,12-15H2,1H3,(H,26,30). The molecule has 0 saturated carbocycles. The number of anilines is 1. The van der Waals surface area contributed by atoms with Gasteiger partial charge in [0.2, 0.25) is 5.91 Å². The van der Waals surface area contributed by atoms with Gasteiger partial charge < -0.3 is 15.3 Å². The SMILES string of the molecule is CC(=O)Nc1ccc(C2=C(N3CCCC(CO)C3)C(=O)N(Cc3ccccn3)C2=O)cc1. The van der Waals surface area contributed by atoms with Crippen molar-refractivity contribution in [3.05, 3.63) is 65.6 Å². The van der Waals surface area contributed by atoms with Gasteiger partial charge in [0.05, 0.1) is 17.8 Å². The van der Waals surface area contributed by atoms with Crippen LogP contribution in [-0.2, 0) is 20.9 Å². The Hall–Kier alpha value is -3.52. The summed E-state index contributed by atoms with van der Waals surface area (Å²) < 4.78 is 0. The first-order chi connectivity index (χ1) is 15.5. The van der Waals surface area contributed by atoms with Gasteiger partial charge in [-0.1, -0.05) is 18.2 Å². The van der Waals surface area contributed by atoms with Crippen molar-refractivity contribution in [3.63, 3.8) is 0 Å². The van der Waals surface area contributed by atoms with Crippen LogP contribution in [-0.4, -0.2) is 57.3 Å². The van der Waals surface area contributed by atoms with E-state index in [1.165, 1.54) is 11.8 Å². The van der Waals surface area contributed by atoms with Crippen molar-refractivity contribution in [2.75, 3.05) is 25.0 Å². The minimum atomic E-state index is -0.367. The number of aliphatic hydroxyl groups is 1. The molecule has 1 saturated heterocycles. The molecule has 8 heteroatoms. The lowest BCUT2D eigenvalue weighted by molar-refractivity contribution is -0.138. The molecule has 2 aliphatic rings. The van der Waals surface area contributed by atoms with Crippen molar-refractivity contribution < 1.29 is 19.5 Å². The number of piperidine rings is 1. The van der Waals surface area contributed by atoms with Gasteiger partial charge in [0.25, 0.3) is 11.8 Å². The number of benzene rings is 1. The molecule has 1 fully saturated rings. The number of aromatic nitrogens is 1. The second-order valence-electron chi connectivity index (χ2n) is 8.14. The van der Waals surface area contributed by atoms with Crippen LogP contribution in [0.5, 0.6) is 0 Å². The van der Waals surface area contributed by atoms with E-state index in [0.717, 1.165) is 12.8 Å². The Balaban J connectivity index is 1.71. The van der Waals surface area contributed by atoms with Gasteiger partial charge in [-0.05, 0) is 48.6 Å². The zero-order chi connectivity index (χ0) is 22.7. The first-order valence-corrected chi connectivity index (χ1v) is 10.7. The van der Waals surface area contributed by atoms with Gasteiger partial charge in [0.15, 0.2) is 0 Å². The molecule has 2 aliphatic heterocycles. The predicted molar refractivity (Wildman–Crippen MR) is 119 cm³/mol. The summed E-state index contributed by atoms with van der Waals surface area (Å²) >= 11 is 0. The molecule has 1 atom stereocenters. The summed E-state index contributed by atoms with van der Waals surface area (Å²) in [5, 5.41) is 12.4. The lowest BCUT2D eigenvalue weighted by Crippen LogP contribution is -2.40. The fraction of sp³-hybridized carbons (Fsp3) is 0.333. The highest BCUT2D eigenvalue weighted by atomic mass is 16.3. The Labute approximate surface area is 186 Å². The number of hydrogen-bond acceptors (Lipinski definition) is 6. The molecule has 1 unspecified atom stereocenters. The number of aliphatic hydroxyl groups excluding tert-OH is 1. The number of pyridine rings is 1. The van der Waals surface area contributed by atoms with Crippen molar-refractivity contribution in [3.8, 4) is 0 Å². The molecule has 0 bridgehead atoms. The van der Waals surface area contributed by atoms with Gasteiger partial charge in [0, 0.05) is 38.5 Å². The third kappa shape index (κ3) is 4.40. The van der Waals surface area contributed by atoms with E-state index in [1.54, 1.807) is 42.6 Å². The van der Waals surface area contributed by atoms with Crippen molar-refractivity contribution in [2.24, 2.45) is 5.92 Å². The van der Waals surface area contributed by atoms with Crippen LogP contribution in [0.15, 0.2) is 54.4 Å². The molecule has 1 aromatic heterocycles. The van der Waals surface area contributed by atoms with E-state index in [-0.39, 0.29) is 36.8 Å². The first kappa shape index (κ1) is 21.7. The van der Waals surface area contributed by atoms with E-state index in [1.807, 2.05) is 11.0 Å². The zero-order valence-corrected chi connectivity index (χ0v) is 18.0. The number of imide groups is 1. The molecule has 0 aliphatic carbocycles. The van der Waals surface area contributed by atoms with E-state index in [2.05, 4.69) is 10.3 Å². The van der Waals surface area contributed by atoms with Gasteiger partial charge in [-0.15, -0.1) is 0 Å². The number of nitrogens with one attached hydrogen (secondary N) is 1. The Bertz CT molecular complexity index is 1050. The maximum absolute atomic E-state index is 13.5. The third-order valence-corrected chi connectivity index (χ3v) is 5.78. The molecule has 1 aromatic carbocycles. The summed E-state index contributed by atoms with van der Waals surface area (Å²) in [6, 6.07) is 12.3. The van der Waals surface area contributed by atoms with E-state index in [0.29, 0.717) is 41.3 Å². The van der Waals surface area contributed by atoms with Crippen LogP contribution in [0.1, 0.15) is 31.0 Å². The molecule has 32 heavy (non-hydrogen) atoms. The van der Waals surface area contributed by atoms with Crippen LogP contribution >= 0.6 is 0 Å². The monoisotopic (exact) mass is 434 g/mol. The Kier molecular flexibility index (Phi) is 6.32. The number of carbonyl (C=O) groups is 3. The molecule has 8 nitrogen and oxygen atoms in total. The normalized spacial score (nSPS) is 19.0. The topological polar surface area (TPSA) is 103 Å². The molecule has 2 aromatic rings. The fourth-order valence-corrected chi connectivity index (χ4v) is 4.25. The number of amides is 3. The first-order valence-electron chi connectivity index (χ1n) is 10.7. The summed E-state index contributed by atoms with van der Waals surface area (Å²) in [5.41, 5.74) is 2.57. The average molecular weight is 434 g/mol. The van der Waals surface area contributed by atoms with E-state index in [9.17, 15) is 19.5 Å². The predicted octanol–water partition coefficient (Wildman–Crippen LogP) is 2.02. The van der Waals surface area contributed by atoms with Crippen molar-refractivity contribution in [1.29, 1.82) is 0 Å². The summed E-state index contributed by atoms with van der Waals surface area (Å²) in [6.07, 6.45) is 3.36. The number of likely N-dealkylation sites (tertiary alicyclic amines) is 1. The molecule has 3 amide bonds. The lowest BCUT2D eigenvalue weighted by atomic mass is 9.97. The number of nitrogens with zero attached hydrogens (tertiary/aromatic N) is 3. The second-order valence-corrected chi connectivity index (χ2v) is 8.14. The Morgan fingerprint density at radius 2 is 1.94 bits per heavy atom. The molecule has 0 spiro atoms. The van der Waals surface area contributed by atoms with Crippen molar-refractivity contribution in [1.82, 2.24) is 14.8 Å².